The van der Waals surface area contributed by atoms with Crippen molar-refractivity contribution < 1.29 is 17.2 Å². The first-order valence-corrected chi connectivity index (χ1v) is 3.92. The molecule has 0 heterocycles. The zero-order valence-corrected chi connectivity index (χ0v) is 6.04. The summed E-state index contributed by atoms with van der Waals surface area (Å²) in [4.78, 5) is 0. The van der Waals surface area contributed by atoms with Gasteiger partial charge in [-0.3, -0.25) is 4.55 Å². The summed E-state index contributed by atoms with van der Waals surface area (Å²) in [6, 6.07) is 0. The van der Waals surface area contributed by atoms with Gasteiger partial charge in [-0.2, -0.15) is 8.42 Å². The molecule has 7 heteroatoms. The number of nitrogens with two attached hydrogens (primary N) is 2. The summed E-state index contributed by atoms with van der Waals surface area (Å²) in [6.07, 6.45) is -0.838. The van der Waals surface area contributed by atoms with E-state index in [1.807, 2.05) is 0 Å². The first-order valence-electron chi connectivity index (χ1n) is 2.55. The molecule has 62 valence electrons. The van der Waals surface area contributed by atoms with E-state index in [0.29, 0.717) is 0 Å². The van der Waals surface area contributed by atoms with E-state index in [9.17, 15) is 8.42 Å². The lowest BCUT2D eigenvalue weighted by Crippen LogP contribution is -2.33. The molecule has 0 aliphatic carbocycles. The second-order valence-electron chi connectivity index (χ2n) is 1.62. The molecule has 0 fully saturated rings. The maximum absolute atomic E-state index is 9.98. The SMILES string of the molecule is NCC(CN)OS(=O)(=O)O. The van der Waals surface area contributed by atoms with Gasteiger partial charge in [-0.25, -0.2) is 4.18 Å². The minimum absolute atomic E-state index is 0.0453. The Labute approximate surface area is 59.1 Å². The molecule has 0 rings (SSSR count). The van der Waals surface area contributed by atoms with E-state index in [4.69, 9.17) is 16.0 Å². The van der Waals surface area contributed by atoms with Crippen LogP contribution in [0.1, 0.15) is 0 Å². The van der Waals surface area contributed by atoms with Gasteiger partial charge < -0.3 is 11.5 Å². The van der Waals surface area contributed by atoms with Gasteiger partial charge in [0.05, 0.1) is 0 Å². The van der Waals surface area contributed by atoms with Gasteiger partial charge in [0.15, 0.2) is 0 Å². The van der Waals surface area contributed by atoms with Crippen molar-refractivity contribution in [2.24, 2.45) is 11.5 Å². The van der Waals surface area contributed by atoms with Crippen molar-refractivity contribution in [1.29, 1.82) is 0 Å². The van der Waals surface area contributed by atoms with Crippen LogP contribution in [0.3, 0.4) is 0 Å². The first kappa shape index (κ1) is 9.79. The molecule has 0 aromatic rings. The Morgan fingerprint density at radius 3 is 1.90 bits per heavy atom. The van der Waals surface area contributed by atoms with Crippen LogP contribution in [-0.2, 0) is 14.6 Å². The second-order valence-corrected chi connectivity index (χ2v) is 2.67. The van der Waals surface area contributed by atoms with Gasteiger partial charge in [0.2, 0.25) is 0 Å². The van der Waals surface area contributed by atoms with Crippen LogP contribution in [0.2, 0.25) is 0 Å². The van der Waals surface area contributed by atoms with E-state index in [-0.39, 0.29) is 13.1 Å². The third-order valence-electron chi connectivity index (χ3n) is 0.783. The maximum Gasteiger partial charge on any atom is 0.397 e. The summed E-state index contributed by atoms with van der Waals surface area (Å²) in [5.41, 5.74) is 10.0. The monoisotopic (exact) mass is 170 g/mol. The highest BCUT2D eigenvalue weighted by molar-refractivity contribution is 7.80. The van der Waals surface area contributed by atoms with E-state index >= 15 is 0 Å². The van der Waals surface area contributed by atoms with Gasteiger partial charge in [-0.1, -0.05) is 0 Å². The van der Waals surface area contributed by atoms with Crippen LogP contribution in [0.5, 0.6) is 0 Å². The van der Waals surface area contributed by atoms with Crippen LogP contribution < -0.4 is 11.5 Å². The third kappa shape index (κ3) is 4.65. The minimum Gasteiger partial charge on any atom is -0.328 e. The molecule has 0 aromatic heterocycles. The molecule has 0 unspecified atom stereocenters. The predicted molar refractivity (Wildman–Crippen MR) is 34.5 cm³/mol. The number of rotatable bonds is 4. The van der Waals surface area contributed by atoms with Crippen molar-refractivity contribution in [3.63, 3.8) is 0 Å². The van der Waals surface area contributed by atoms with Crippen LogP contribution >= 0.6 is 0 Å². The quantitative estimate of drug-likeness (QED) is 0.424. The van der Waals surface area contributed by atoms with E-state index < -0.39 is 16.5 Å². The van der Waals surface area contributed by atoms with Crippen LogP contribution in [0.25, 0.3) is 0 Å². The molecule has 5 N–H and O–H groups in total. The Morgan fingerprint density at radius 2 is 1.80 bits per heavy atom. The summed E-state index contributed by atoms with van der Waals surface area (Å²) in [5.74, 6) is 0. The fourth-order valence-electron chi connectivity index (χ4n) is 0.347. The Morgan fingerprint density at radius 1 is 1.40 bits per heavy atom. The molecule has 0 saturated carbocycles. The van der Waals surface area contributed by atoms with Gasteiger partial charge >= 0.3 is 10.4 Å². The van der Waals surface area contributed by atoms with E-state index in [1.54, 1.807) is 0 Å². The molecule has 0 radical (unpaired) electrons. The Bertz CT molecular complexity index is 173. The Hall–Kier alpha value is -0.210. The molecular weight excluding hydrogens is 160 g/mol. The minimum atomic E-state index is -4.41. The van der Waals surface area contributed by atoms with Gasteiger partial charge in [0.25, 0.3) is 0 Å². The highest BCUT2D eigenvalue weighted by Gasteiger charge is 2.12. The summed E-state index contributed by atoms with van der Waals surface area (Å²) < 4.78 is 32.1. The molecule has 0 aliphatic rings. The topological polar surface area (TPSA) is 116 Å². The standard InChI is InChI=1S/C3H10N2O4S/c4-1-3(2-5)9-10(6,7)8/h3H,1-2,4-5H2,(H,6,7,8). The van der Waals surface area contributed by atoms with Crippen molar-refractivity contribution >= 4 is 10.4 Å². The van der Waals surface area contributed by atoms with Crippen LogP contribution in [0, 0.1) is 0 Å². The molecule has 10 heavy (non-hydrogen) atoms. The van der Waals surface area contributed by atoms with Crippen molar-refractivity contribution in [2.45, 2.75) is 6.10 Å². The highest BCUT2D eigenvalue weighted by atomic mass is 32.3. The fourth-order valence-corrected chi connectivity index (χ4v) is 0.848. The van der Waals surface area contributed by atoms with E-state index in [0.717, 1.165) is 0 Å². The lowest BCUT2D eigenvalue weighted by molar-refractivity contribution is 0.194. The molecule has 0 spiro atoms. The van der Waals surface area contributed by atoms with E-state index in [1.165, 1.54) is 0 Å². The van der Waals surface area contributed by atoms with Crippen molar-refractivity contribution in [1.82, 2.24) is 0 Å². The number of hydrogen-bond acceptors (Lipinski definition) is 5. The summed E-state index contributed by atoms with van der Waals surface area (Å²) >= 11 is 0. The molecule has 0 atom stereocenters. The average molecular weight is 170 g/mol. The van der Waals surface area contributed by atoms with Crippen molar-refractivity contribution in [3.05, 3.63) is 0 Å². The first-order chi connectivity index (χ1) is 4.49. The van der Waals surface area contributed by atoms with Crippen LogP contribution in [-0.4, -0.2) is 32.2 Å². The lowest BCUT2D eigenvalue weighted by Gasteiger charge is -2.08. The normalized spacial score (nSPS) is 12.4. The fraction of sp³-hybridized carbons (Fsp3) is 1.00. The molecule has 0 aromatic carbocycles. The zero-order valence-electron chi connectivity index (χ0n) is 5.23. The molecule has 0 amide bonds. The summed E-state index contributed by atoms with van der Waals surface area (Å²) in [6.45, 7) is -0.0907. The van der Waals surface area contributed by atoms with Crippen molar-refractivity contribution in [2.75, 3.05) is 13.1 Å². The zero-order chi connectivity index (χ0) is 8.20. The maximum atomic E-state index is 9.98. The third-order valence-corrected chi connectivity index (χ3v) is 1.30. The van der Waals surface area contributed by atoms with Gasteiger partial charge in [0.1, 0.15) is 6.10 Å². The molecule has 0 aliphatic heterocycles. The highest BCUT2D eigenvalue weighted by Crippen LogP contribution is 1.92. The predicted octanol–water partition coefficient (Wildman–Crippen LogP) is -1.91. The Kier molecular flexibility index (Phi) is 3.76. The summed E-state index contributed by atoms with van der Waals surface area (Å²) in [7, 11) is -4.41. The number of hydrogen-bond donors (Lipinski definition) is 3. The van der Waals surface area contributed by atoms with Gasteiger partial charge in [0, 0.05) is 13.1 Å². The summed E-state index contributed by atoms with van der Waals surface area (Å²) in [5, 5.41) is 0. The van der Waals surface area contributed by atoms with E-state index in [2.05, 4.69) is 4.18 Å². The average Bonchev–Trinajstić information content (AvgIpc) is 1.81. The largest absolute Gasteiger partial charge is 0.397 e. The Balaban J connectivity index is 3.87. The van der Waals surface area contributed by atoms with Gasteiger partial charge in [-0.15, -0.1) is 0 Å². The van der Waals surface area contributed by atoms with Gasteiger partial charge in [-0.05, 0) is 0 Å². The van der Waals surface area contributed by atoms with Crippen molar-refractivity contribution in [3.8, 4) is 0 Å². The van der Waals surface area contributed by atoms with Crippen LogP contribution in [0.4, 0.5) is 0 Å². The molecule has 0 bridgehead atoms. The molecule has 0 saturated heterocycles. The lowest BCUT2D eigenvalue weighted by atomic mass is 10.4. The smallest absolute Gasteiger partial charge is 0.328 e. The van der Waals surface area contributed by atoms with Crippen LogP contribution in [0.15, 0.2) is 0 Å². The molecule has 6 nitrogen and oxygen atoms in total. The second kappa shape index (κ2) is 3.84. The molecular formula is C3H10N2O4S.